The average Bonchev–Trinajstić information content (AvgIpc) is 2.19. The number of carbonyl (C=O) groups is 2. The smallest absolute Gasteiger partial charge is 0.409 e. The molecular weight excluding hydrogens is 234 g/mol. The topological polar surface area (TPSA) is 89.6 Å². The Morgan fingerprint density at radius 1 is 1.44 bits per heavy atom. The van der Waals surface area contributed by atoms with E-state index in [0.29, 0.717) is 12.3 Å². The van der Waals surface area contributed by atoms with Gasteiger partial charge in [0, 0.05) is 5.88 Å². The summed E-state index contributed by atoms with van der Waals surface area (Å²) in [5, 5.41) is 8.91. The maximum atomic E-state index is 10.9. The Bertz CT molecular complexity index is 419. The summed E-state index contributed by atoms with van der Waals surface area (Å²) in [6.45, 7) is 0. The summed E-state index contributed by atoms with van der Waals surface area (Å²) in [5.74, 6) is -0.874. The average molecular weight is 244 g/mol. The van der Waals surface area contributed by atoms with Crippen LogP contribution < -0.4 is 10.5 Å². The molecule has 5 nitrogen and oxygen atoms in total. The van der Waals surface area contributed by atoms with E-state index in [2.05, 4.69) is 4.74 Å². The number of aryl methyl sites for hydroxylation is 1. The molecule has 1 rings (SSSR count). The van der Waals surface area contributed by atoms with Crippen LogP contribution in [0.2, 0.25) is 0 Å². The van der Waals surface area contributed by atoms with Gasteiger partial charge in [-0.1, -0.05) is 6.07 Å². The second-order valence-electron chi connectivity index (χ2n) is 3.00. The summed E-state index contributed by atoms with van der Waals surface area (Å²) in [6.07, 6.45) is -0.508. The number of amides is 1. The molecule has 0 spiro atoms. The van der Waals surface area contributed by atoms with Gasteiger partial charge in [0.1, 0.15) is 11.3 Å². The highest BCUT2D eigenvalue weighted by Crippen LogP contribution is 2.20. The van der Waals surface area contributed by atoms with Crippen molar-refractivity contribution >= 4 is 23.7 Å². The van der Waals surface area contributed by atoms with E-state index < -0.39 is 12.1 Å². The zero-order valence-electron chi connectivity index (χ0n) is 8.27. The van der Waals surface area contributed by atoms with Crippen molar-refractivity contribution in [2.24, 2.45) is 5.73 Å². The van der Waals surface area contributed by atoms with Gasteiger partial charge >= 0.3 is 12.1 Å². The molecule has 1 aromatic carbocycles. The van der Waals surface area contributed by atoms with Crippen LogP contribution in [0.15, 0.2) is 18.2 Å². The minimum atomic E-state index is -1.19. The molecule has 6 heteroatoms. The van der Waals surface area contributed by atoms with Gasteiger partial charge in [0.15, 0.2) is 0 Å². The quantitative estimate of drug-likeness (QED) is 0.787. The van der Waals surface area contributed by atoms with Crippen molar-refractivity contribution in [1.29, 1.82) is 0 Å². The number of aromatic carboxylic acids is 1. The molecule has 1 amide bonds. The molecule has 0 heterocycles. The lowest BCUT2D eigenvalue weighted by Crippen LogP contribution is -2.18. The lowest BCUT2D eigenvalue weighted by atomic mass is 10.1. The fourth-order valence-electron chi connectivity index (χ4n) is 1.21. The third kappa shape index (κ3) is 3.13. The molecule has 3 N–H and O–H groups in total. The molecule has 0 aromatic heterocycles. The molecule has 0 aliphatic carbocycles. The van der Waals surface area contributed by atoms with E-state index in [1.165, 1.54) is 12.1 Å². The lowest BCUT2D eigenvalue weighted by Gasteiger charge is -2.07. The van der Waals surface area contributed by atoms with E-state index in [4.69, 9.17) is 22.4 Å². The van der Waals surface area contributed by atoms with Crippen molar-refractivity contribution in [3.63, 3.8) is 0 Å². The lowest BCUT2D eigenvalue weighted by molar-refractivity contribution is 0.0694. The Morgan fingerprint density at radius 2 is 2.12 bits per heavy atom. The van der Waals surface area contributed by atoms with Crippen LogP contribution in [0.3, 0.4) is 0 Å². The summed E-state index contributed by atoms with van der Waals surface area (Å²) >= 11 is 5.54. The summed E-state index contributed by atoms with van der Waals surface area (Å²) in [6, 6.07) is 4.42. The summed E-state index contributed by atoms with van der Waals surface area (Å²) in [7, 11) is 0. The van der Waals surface area contributed by atoms with Crippen molar-refractivity contribution in [1.82, 2.24) is 0 Å². The van der Waals surface area contributed by atoms with Crippen LogP contribution in [-0.4, -0.2) is 23.0 Å². The van der Waals surface area contributed by atoms with Gasteiger partial charge in [0.05, 0.1) is 0 Å². The third-order valence-electron chi connectivity index (χ3n) is 1.87. The van der Waals surface area contributed by atoms with Crippen LogP contribution in [0.25, 0.3) is 0 Å². The largest absolute Gasteiger partial charge is 0.478 e. The van der Waals surface area contributed by atoms with E-state index >= 15 is 0 Å². The fourth-order valence-corrected chi connectivity index (χ4v) is 1.42. The molecule has 0 atom stereocenters. The van der Waals surface area contributed by atoms with Gasteiger partial charge in [-0.05, 0) is 24.1 Å². The van der Waals surface area contributed by atoms with E-state index in [9.17, 15) is 9.59 Å². The molecular formula is C10H10ClNO4. The van der Waals surface area contributed by atoms with Crippen LogP contribution in [0.5, 0.6) is 5.75 Å². The predicted molar refractivity (Wildman–Crippen MR) is 58.0 cm³/mol. The second kappa shape index (κ2) is 5.37. The number of nitrogens with two attached hydrogens (primary N) is 1. The van der Waals surface area contributed by atoms with Crippen LogP contribution >= 0.6 is 11.6 Å². The first-order chi connectivity index (χ1) is 7.54. The van der Waals surface area contributed by atoms with Crippen LogP contribution in [-0.2, 0) is 6.42 Å². The number of rotatable bonds is 4. The molecule has 0 saturated heterocycles. The maximum Gasteiger partial charge on any atom is 0.409 e. The molecule has 0 aliphatic rings. The normalized spacial score (nSPS) is 9.81. The summed E-state index contributed by atoms with van der Waals surface area (Å²) < 4.78 is 4.56. The minimum absolute atomic E-state index is 0.0710. The van der Waals surface area contributed by atoms with Gasteiger partial charge in [-0.3, -0.25) is 0 Å². The number of carboxylic acid groups (broad SMARTS) is 1. The number of alkyl halides is 1. The van der Waals surface area contributed by atoms with Gasteiger partial charge in [0.2, 0.25) is 0 Å². The SMILES string of the molecule is NC(=O)Oc1ccc(CCCl)cc1C(=O)O. The van der Waals surface area contributed by atoms with Crippen LogP contribution in [0.4, 0.5) is 4.79 Å². The number of primary amides is 1. The second-order valence-corrected chi connectivity index (χ2v) is 3.37. The van der Waals surface area contributed by atoms with E-state index in [1.54, 1.807) is 6.07 Å². The van der Waals surface area contributed by atoms with Crippen molar-refractivity contribution in [3.8, 4) is 5.75 Å². The molecule has 0 fully saturated rings. The number of hydrogen-bond donors (Lipinski definition) is 2. The van der Waals surface area contributed by atoms with E-state index in [-0.39, 0.29) is 11.3 Å². The molecule has 0 bridgehead atoms. The minimum Gasteiger partial charge on any atom is -0.478 e. The van der Waals surface area contributed by atoms with E-state index in [1.807, 2.05) is 0 Å². The standard InChI is InChI=1S/C10H10ClNO4/c11-4-3-6-1-2-8(16-10(12)15)7(5-6)9(13)14/h1-2,5H,3-4H2,(H2,12,15)(H,13,14). The third-order valence-corrected chi connectivity index (χ3v) is 2.06. The molecule has 86 valence electrons. The van der Waals surface area contributed by atoms with E-state index in [0.717, 1.165) is 5.56 Å². The first-order valence-electron chi connectivity index (χ1n) is 4.44. The molecule has 0 aliphatic heterocycles. The molecule has 0 saturated carbocycles. The number of halogens is 1. The van der Waals surface area contributed by atoms with Gasteiger partial charge in [-0.2, -0.15) is 0 Å². The fraction of sp³-hybridized carbons (Fsp3) is 0.200. The van der Waals surface area contributed by atoms with Crippen LogP contribution in [0, 0.1) is 0 Å². The number of ether oxygens (including phenoxy) is 1. The van der Waals surface area contributed by atoms with Gasteiger partial charge < -0.3 is 15.6 Å². The Labute approximate surface area is 96.8 Å². The maximum absolute atomic E-state index is 10.9. The van der Waals surface area contributed by atoms with Crippen molar-refractivity contribution in [2.45, 2.75) is 6.42 Å². The Hall–Kier alpha value is -1.75. The zero-order valence-corrected chi connectivity index (χ0v) is 9.03. The van der Waals surface area contributed by atoms with Crippen molar-refractivity contribution in [2.75, 3.05) is 5.88 Å². The highest BCUT2D eigenvalue weighted by Gasteiger charge is 2.13. The Kier molecular flexibility index (Phi) is 4.13. The number of hydrogen-bond acceptors (Lipinski definition) is 3. The number of carbonyl (C=O) groups excluding carboxylic acids is 1. The summed E-state index contributed by atoms with van der Waals surface area (Å²) in [4.78, 5) is 21.4. The summed E-state index contributed by atoms with van der Waals surface area (Å²) in [5.41, 5.74) is 5.46. The number of carboxylic acids is 1. The van der Waals surface area contributed by atoms with Crippen molar-refractivity contribution in [3.05, 3.63) is 29.3 Å². The molecule has 1 aromatic rings. The zero-order chi connectivity index (χ0) is 12.1. The molecule has 0 radical (unpaired) electrons. The van der Waals surface area contributed by atoms with Crippen LogP contribution in [0.1, 0.15) is 15.9 Å². The number of benzene rings is 1. The molecule has 16 heavy (non-hydrogen) atoms. The first kappa shape index (κ1) is 12.3. The van der Waals surface area contributed by atoms with Gasteiger partial charge in [-0.15, -0.1) is 11.6 Å². The highest BCUT2D eigenvalue weighted by molar-refractivity contribution is 6.18. The Morgan fingerprint density at radius 3 is 2.62 bits per heavy atom. The van der Waals surface area contributed by atoms with Crippen molar-refractivity contribution < 1.29 is 19.4 Å². The van der Waals surface area contributed by atoms with Gasteiger partial charge in [0.25, 0.3) is 0 Å². The Balaban J connectivity index is 3.08. The molecule has 0 unspecified atom stereocenters. The predicted octanol–water partition coefficient (Wildman–Crippen LogP) is 1.62. The highest BCUT2D eigenvalue weighted by atomic mass is 35.5. The first-order valence-corrected chi connectivity index (χ1v) is 4.97. The van der Waals surface area contributed by atoms with Gasteiger partial charge in [-0.25, -0.2) is 9.59 Å². The monoisotopic (exact) mass is 243 g/mol.